The summed E-state index contributed by atoms with van der Waals surface area (Å²) in [4.78, 5) is 21.5. The van der Waals surface area contributed by atoms with Gasteiger partial charge in [0, 0.05) is 5.56 Å². The van der Waals surface area contributed by atoms with Gasteiger partial charge in [-0.3, -0.25) is 4.79 Å². The Hall–Kier alpha value is -1.49. The first-order valence-electron chi connectivity index (χ1n) is 3.85. The number of thiol groups is 1. The average molecular weight is 211 g/mol. The highest BCUT2D eigenvalue weighted by Gasteiger charge is 2.20. The van der Waals surface area contributed by atoms with Crippen LogP contribution < -0.4 is 5.73 Å². The number of hydrogen-bond acceptors (Lipinski definition) is 3. The fourth-order valence-corrected chi connectivity index (χ4v) is 1.12. The van der Waals surface area contributed by atoms with Crippen molar-refractivity contribution in [1.29, 1.82) is 0 Å². The van der Waals surface area contributed by atoms with Gasteiger partial charge in [-0.2, -0.15) is 0 Å². The van der Waals surface area contributed by atoms with Crippen molar-refractivity contribution in [2.24, 2.45) is 5.73 Å². The largest absolute Gasteiger partial charge is 0.439 e. The molecule has 0 bridgehead atoms. The van der Waals surface area contributed by atoms with Gasteiger partial charge in [-0.15, -0.1) is 0 Å². The molecule has 4 nitrogen and oxygen atoms in total. The fraction of sp³-hybridized carbons (Fsp3) is 0.111. The Morgan fingerprint density at radius 2 is 1.86 bits per heavy atom. The number of rotatable bonds is 3. The molecule has 0 aliphatic carbocycles. The molecule has 14 heavy (non-hydrogen) atoms. The molecule has 0 aliphatic heterocycles. The molecule has 1 unspecified atom stereocenters. The zero-order valence-corrected chi connectivity index (χ0v) is 8.11. The van der Waals surface area contributed by atoms with Gasteiger partial charge in [-0.1, -0.05) is 43.0 Å². The van der Waals surface area contributed by atoms with E-state index in [0.29, 0.717) is 5.56 Å². The molecule has 0 spiro atoms. The minimum Gasteiger partial charge on any atom is -0.439 e. The Morgan fingerprint density at radius 1 is 1.29 bits per heavy atom. The molecular weight excluding hydrogens is 202 g/mol. The molecule has 0 aliphatic rings. The van der Waals surface area contributed by atoms with Crippen molar-refractivity contribution in [1.82, 2.24) is 0 Å². The minimum atomic E-state index is -1.07. The fourth-order valence-electron chi connectivity index (χ4n) is 1.02. The van der Waals surface area contributed by atoms with Crippen LogP contribution >= 0.6 is 12.6 Å². The van der Waals surface area contributed by atoms with E-state index >= 15 is 0 Å². The van der Waals surface area contributed by atoms with E-state index in [4.69, 9.17) is 5.73 Å². The first-order chi connectivity index (χ1) is 6.61. The molecule has 0 saturated heterocycles. The number of benzene rings is 1. The average Bonchev–Trinajstić information content (AvgIpc) is 2.15. The van der Waals surface area contributed by atoms with E-state index < -0.39 is 17.3 Å². The van der Waals surface area contributed by atoms with E-state index in [1.807, 2.05) is 0 Å². The lowest BCUT2D eigenvalue weighted by Crippen LogP contribution is -2.24. The van der Waals surface area contributed by atoms with Crippen LogP contribution in [-0.2, 0) is 9.53 Å². The van der Waals surface area contributed by atoms with Crippen LogP contribution in [0.15, 0.2) is 30.3 Å². The zero-order valence-electron chi connectivity index (χ0n) is 7.21. The Labute approximate surface area is 86.5 Å². The smallest absolute Gasteiger partial charge is 0.365 e. The number of amides is 1. The van der Waals surface area contributed by atoms with Crippen molar-refractivity contribution in [2.45, 2.75) is 6.10 Å². The normalized spacial score (nSPS) is 11.8. The van der Waals surface area contributed by atoms with Crippen LogP contribution in [0.4, 0.5) is 4.79 Å². The molecule has 1 aromatic rings. The van der Waals surface area contributed by atoms with Crippen molar-refractivity contribution in [3.05, 3.63) is 35.9 Å². The molecule has 1 rings (SSSR count). The molecule has 0 radical (unpaired) electrons. The SMILES string of the molecule is NC(=O)C(OC(=O)S)c1ccccc1. The Balaban J connectivity index is 2.89. The van der Waals surface area contributed by atoms with E-state index in [-0.39, 0.29) is 0 Å². The summed E-state index contributed by atoms with van der Waals surface area (Å²) in [6, 6.07) is 8.51. The topological polar surface area (TPSA) is 69.4 Å². The lowest BCUT2D eigenvalue weighted by Gasteiger charge is -2.12. The first-order valence-corrected chi connectivity index (χ1v) is 4.30. The molecule has 0 saturated carbocycles. The second-order valence-electron chi connectivity index (χ2n) is 2.58. The van der Waals surface area contributed by atoms with Crippen LogP contribution in [0, 0.1) is 0 Å². The van der Waals surface area contributed by atoms with Gasteiger partial charge < -0.3 is 10.5 Å². The summed E-state index contributed by atoms with van der Waals surface area (Å²) in [5.74, 6) is -0.724. The van der Waals surface area contributed by atoms with Gasteiger partial charge in [0.25, 0.3) is 5.91 Å². The van der Waals surface area contributed by atoms with Crippen molar-refractivity contribution in [3.8, 4) is 0 Å². The number of nitrogens with two attached hydrogens (primary N) is 1. The monoisotopic (exact) mass is 211 g/mol. The summed E-state index contributed by atoms with van der Waals surface area (Å²) in [6.45, 7) is 0. The Morgan fingerprint density at radius 3 is 2.29 bits per heavy atom. The third kappa shape index (κ3) is 2.77. The van der Waals surface area contributed by atoms with Crippen LogP contribution in [-0.4, -0.2) is 11.2 Å². The molecule has 0 fully saturated rings. The maximum absolute atomic E-state index is 10.9. The maximum Gasteiger partial charge on any atom is 0.365 e. The lowest BCUT2D eigenvalue weighted by molar-refractivity contribution is -0.126. The highest BCUT2D eigenvalue weighted by Crippen LogP contribution is 2.17. The molecule has 0 heterocycles. The van der Waals surface area contributed by atoms with E-state index in [0.717, 1.165) is 0 Å². The van der Waals surface area contributed by atoms with E-state index in [2.05, 4.69) is 17.4 Å². The van der Waals surface area contributed by atoms with Gasteiger partial charge in [0.2, 0.25) is 6.10 Å². The van der Waals surface area contributed by atoms with Gasteiger partial charge in [0.05, 0.1) is 0 Å². The summed E-state index contributed by atoms with van der Waals surface area (Å²) in [5.41, 5.74) is 5.60. The van der Waals surface area contributed by atoms with Crippen molar-refractivity contribution < 1.29 is 14.3 Å². The highest BCUT2D eigenvalue weighted by atomic mass is 32.1. The number of carbonyl (C=O) groups excluding carboxylic acids is 2. The van der Waals surface area contributed by atoms with Crippen LogP contribution in [0.3, 0.4) is 0 Å². The number of carbonyl (C=O) groups is 2. The van der Waals surface area contributed by atoms with E-state index in [1.165, 1.54) is 0 Å². The minimum absolute atomic E-state index is 0.530. The molecule has 0 aromatic heterocycles. The van der Waals surface area contributed by atoms with Crippen LogP contribution in [0.1, 0.15) is 11.7 Å². The zero-order chi connectivity index (χ0) is 10.6. The predicted octanol–water partition coefficient (Wildman–Crippen LogP) is 1.28. The third-order valence-electron chi connectivity index (χ3n) is 1.58. The summed E-state index contributed by atoms with van der Waals surface area (Å²) in [6.07, 6.45) is -1.07. The summed E-state index contributed by atoms with van der Waals surface area (Å²) < 4.78 is 4.65. The number of primary amides is 1. The van der Waals surface area contributed by atoms with Gasteiger partial charge in [-0.25, -0.2) is 4.79 Å². The number of hydrogen-bond donors (Lipinski definition) is 2. The maximum atomic E-state index is 10.9. The third-order valence-corrected chi connectivity index (χ3v) is 1.68. The second kappa shape index (κ2) is 4.66. The number of ether oxygens (including phenoxy) is 1. The summed E-state index contributed by atoms with van der Waals surface area (Å²) in [5, 5.41) is -0.836. The molecule has 2 N–H and O–H groups in total. The van der Waals surface area contributed by atoms with E-state index in [9.17, 15) is 9.59 Å². The van der Waals surface area contributed by atoms with Gasteiger partial charge in [0.1, 0.15) is 0 Å². The van der Waals surface area contributed by atoms with Crippen LogP contribution in [0.25, 0.3) is 0 Å². The van der Waals surface area contributed by atoms with Crippen LogP contribution in [0.5, 0.6) is 0 Å². The molecule has 1 atom stereocenters. The van der Waals surface area contributed by atoms with Crippen LogP contribution in [0.2, 0.25) is 0 Å². The molecule has 1 aromatic carbocycles. The van der Waals surface area contributed by atoms with Crippen molar-refractivity contribution in [2.75, 3.05) is 0 Å². The lowest BCUT2D eigenvalue weighted by atomic mass is 10.1. The molecule has 5 heteroatoms. The summed E-state index contributed by atoms with van der Waals surface area (Å²) in [7, 11) is 0. The quantitative estimate of drug-likeness (QED) is 0.584. The van der Waals surface area contributed by atoms with Gasteiger partial charge >= 0.3 is 5.30 Å². The standard InChI is InChI=1S/C9H9NO3S/c10-8(11)7(13-9(12)14)6-4-2-1-3-5-6/h1-5,7H,(H2,10,11)(H,12,14). The van der Waals surface area contributed by atoms with Gasteiger partial charge in [-0.05, 0) is 0 Å². The summed E-state index contributed by atoms with van der Waals surface area (Å²) >= 11 is 3.41. The second-order valence-corrected chi connectivity index (χ2v) is 2.94. The van der Waals surface area contributed by atoms with E-state index in [1.54, 1.807) is 30.3 Å². The first kappa shape index (κ1) is 10.6. The molecular formula is C9H9NO3S. The Bertz CT molecular complexity index is 339. The van der Waals surface area contributed by atoms with Gasteiger partial charge in [0.15, 0.2) is 0 Å². The Kier molecular flexibility index (Phi) is 3.53. The molecule has 74 valence electrons. The van der Waals surface area contributed by atoms with Crippen molar-refractivity contribution in [3.63, 3.8) is 0 Å². The molecule has 1 amide bonds. The predicted molar refractivity (Wildman–Crippen MR) is 53.8 cm³/mol. The van der Waals surface area contributed by atoms with Crippen molar-refractivity contribution >= 4 is 23.8 Å². The highest BCUT2D eigenvalue weighted by molar-refractivity contribution is 7.96.